The second-order valence-corrected chi connectivity index (χ2v) is 11.2. The van der Waals surface area contributed by atoms with Gasteiger partial charge in [-0.15, -0.1) is 6.58 Å². The van der Waals surface area contributed by atoms with E-state index in [0.29, 0.717) is 24.0 Å². The lowest BCUT2D eigenvalue weighted by Crippen LogP contribution is -2.52. The van der Waals surface area contributed by atoms with Crippen LogP contribution in [-0.2, 0) is 48.2 Å². The molecule has 0 radical (unpaired) electrons. The van der Waals surface area contributed by atoms with E-state index in [1.165, 1.54) is 7.11 Å². The number of carbonyl (C=O) groups excluding carboxylic acids is 5. The van der Waals surface area contributed by atoms with Crippen LogP contribution in [0.15, 0.2) is 77.7 Å². The highest BCUT2D eigenvalue weighted by molar-refractivity contribution is 5.89. The third kappa shape index (κ3) is 12.1. The molecular weight excluding hydrogens is 652 g/mol. The summed E-state index contributed by atoms with van der Waals surface area (Å²) in [5, 5.41) is 17.1. The van der Waals surface area contributed by atoms with E-state index in [4.69, 9.17) is 23.4 Å². The van der Waals surface area contributed by atoms with Crippen molar-refractivity contribution in [3.8, 4) is 0 Å². The molecule has 0 bridgehead atoms. The molecule has 1 aromatic heterocycles. The van der Waals surface area contributed by atoms with Crippen LogP contribution in [-0.4, -0.2) is 72.5 Å². The van der Waals surface area contributed by atoms with Gasteiger partial charge in [0.2, 0.25) is 11.8 Å². The lowest BCUT2D eigenvalue weighted by molar-refractivity contribution is -0.148. The molecule has 0 saturated carbocycles. The van der Waals surface area contributed by atoms with Crippen LogP contribution in [0.1, 0.15) is 59.6 Å². The Balaban J connectivity index is 1.74. The van der Waals surface area contributed by atoms with Gasteiger partial charge >= 0.3 is 24.1 Å². The minimum atomic E-state index is -1.55. The zero-order valence-corrected chi connectivity index (χ0v) is 28.1. The number of esters is 2. The van der Waals surface area contributed by atoms with E-state index in [1.807, 2.05) is 0 Å². The number of oxazole rings is 1. The molecule has 3 atom stereocenters. The lowest BCUT2D eigenvalue weighted by atomic mass is 10.0. The fourth-order valence-electron chi connectivity index (χ4n) is 4.37. The van der Waals surface area contributed by atoms with Crippen LogP contribution >= 0.6 is 0 Å². The number of aryl methyl sites for hydroxylation is 1. The fourth-order valence-corrected chi connectivity index (χ4v) is 4.37. The minimum absolute atomic E-state index is 0.00812. The summed E-state index contributed by atoms with van der Waals surface area (Å²) in [4.78, 5) is 68.3. The Labute approximate surface area is 289 Å². The Morgan fingerprint density at radius 3 is 1.92 bits per heavy atom. The Kier molecular flexibility index (Phi) is 15.5. The molecule has 268 valence electrons. The second-order valence-electron chi connectivity index (χ2n) is 11.2. The maximum Gasteiger partial charge on any atom is 0.408 e. The van der Waals surface area contributed by atoms with E-state index in [2.05, 4.69) is 27.5 Å². The first-order chi connectivity index (χ1) is 24.1. The van der Waals surface area contributed by atoms with E-state index in [1.54, 1.807) is 80.6 Å². The molecule has 0 unspecified atom stereocenters. The summed E-state index contributed by atoms with van der Waals surface area (Å²) in [6, 6.07) is 13.6. The van der Waals surface area contributed by atoms with Gasteiger partial charge in [0.15, 0.2) is 11.7 Å². The average molecular weight is 695 g/mol. The van der Waals surface area contributed by atoms with E-state index >= 15 is 0 Å². The summed E-state index contributed by atoms with van der Waals surface area (Å²) < 4.78 is 26.3. The molecule has 2 aromatic carbocycles. The van der Waals surface area contributed by atoms with Gasteiger partial charge in [0, 0.05) is 6.42 Å². The van der Waals surface area contributed by atoms with Gasteiger partial charge in [-0.1, -0.05) is 80.6 Å². The summed E-state index contributed by atoms with van der Waals surface area (Å²) in [6.45, 7) is 5.43. The summed E-state index contributed by atoms with van der Waals surface area (Å²) in [5.41, 5.74) is 1.33. The maximum absolute atomic E-state index is 13.7. The zero-order valence-electron chi connectivity index (χ0n) is 28.1. The van der Waals surface area contributed by atoms with Gasteiger partial charge in [-0.05, 0) is 23.5 Å². The van der Waals surface area contributed by atoms with Crippen molar-refractivity contribution in [2.24, 2.45) is 5.92 Å². The van der Waals surface area contributed by atoms with Gasteiger partial charge in [0.25, 0.3) is 0 Å². The highest BCUT2D eigenvalue weighted by Crippen LogP contribution is 2.25. The molecule has 0 aliphatic carbocycles. The molecule has 15 heteroatoms. The fraction of sp³-hybridized carbons (Fsp3) is 0.371. The Bertz CT molecular complexity index is 1580. The first-order valence-corrected chi connectivity index (χ1v) is 15.8. The van der Waals surface area contributed by atoms with Crippen LogP contribution in [0, 0.1) is 5.92 Å². The largest absolute Gasteiger partial charge is 0.464 e. The van der Waals surface area contributed by atoms with Gasteiger partial charge < -0.3 is 44.4 Å². The van der Waals surface area contributed by atoms with E-state index in [-0.39, 0.29) is 36.5 Å². The number of aromatic nitrogens is 1. The monoisotopic (exact) mass is 694 g/mol. The Hall–Kier alpha value is -5.70. The molecular formula is C35H42N4O11. The van der Waals surface area contributed by atoms with Gasteiger partial charge in [-0.25, -0.2) is 24.2 Å². The third-order valence-electron chi connectivity index (χ3n) is 7.08. The van der Waals surface area contributed by atoms with Gasteiger partial charge in [0.1, 0.15) is 37.7 Å². The zero-order chi connectivity index (χ0) is 36.5. The highest BCUT2D eigenvalue weighted by atomic mass is 16.6. The van der Waals surface area contributed by atoms with Crippen molar-refractivity contribution in [2.45, 2.75) is 58.0 Å². The number of amides is 3. The van der Waals surface area contributed by atoms with Crippen LogP contribution in [0.4, 0.5) is 9.59 Å². The van der Waals surface area contributed by atoms with Crippen molar-refractivity contribution >= 4 is 30.0 Å². The predicted octanol–water partition coefficient (Wildman–Crippen LogP) is 3.52. The number of carbonyl (C=O) groups is 5. The summed E-state index contributed by atoms with van der Waals surface area (Å²) in [5.74, 6) is -2.75. The standard InChI is InChI=1S/C35H42N4O11/c1-5-6-17-27-29(33(43)46-4)39-31(50-27)28(22(2)3)38-30(41)26(37-35(45)49-20-24-15-11-8-12-16-24)21-47-32(42)25(18-40)36-34(44)48-19-23-13-9-7-10-14-23/h5,7-16,22,25-26,28,40H,1,6,17-21H2,2-4H3,(H,36,44)(H,37,45)(H,38,41)/t25-,26-,28-/m0/s1. The number of allylic oxidation sites excluding steroid dienone is 1. The van der Waals surface area contributed by atoms with Crippen molar-refractivity contribution in [3.05, 3.63) is 102 Å². The highest BCUT2D eigenvalue weighted by Gasteiger charge is 2.33. The molecule has 3 amide bonds. The van der Waals surface area contributed by atoms with Crippen LogP contribution in [0.25, 0.3) is 0 Å². The van der Waals surface area contributed by atoms with Crippen molar-refractivity contribution in [1.82, 2.24) is 20.9 Å². The Morgan fingerprint density at radius 1 is 0.860 bits per heavy atom. The molecule has 3 aromatic rings. The molecule has 0 aliphatic heterocycles. The molecule has 15 nitrogen and oxygen atoms in total. The van der Waals surface area contributed by atoms with Crippen molar-refractivity contribution < 1.29 is 52.4 Å². The van der Waals surface area contributed by atoms with E-state index in [9.17, 15) is 29.1 Å². The average Bonchev–Trinajstić information content (AvgIpc) is 3.55. The van der Waals surface area contributed by atoms with Crippen molar-refractivity contribution in [2.75, 3.05) is 20.3 Å². The molecule has 4 N–H and O–H groups in total. The number of hydrogen-bond donors (Lipinski definition) is 4. The third-order valence-corrected chi connectivity index (χ3v) is 7.08. The van der Waals surface area contributed by atoms with E-state index < -0.39 is 61.4 Å². The van der Waals surface area contributed by atoms with Gasteiger partial charge in [0.05, 0.1) is 13.7 Å². The number of benzene rings is 2. The predicted molar refractivity (Wildman–Crippen MR) is 177 cm³/mol. The first-order valence-electron chi connectivity index (χ1n) is 15.8. The minimum Gasteiger partial charge on any atom is -0.464 e. The number of hydrogen-bond acceptors (Lipinski definition) is 12. The maximum atomic E-state index is 13.7. The number of rotatable bonds is 18. The SMILES string of the molecule is C=CCCc1oc([C@@H](NC(=O)[C@H](COC(=O)[C@H](CO)NC(=O)OCc2ccccc2)NC(=O)OCc2ccccc2)C(C)C)nc1C(=O)OC. The molecule has 3 rings (SSSR count). The van der Waals surface area contributed by atoms with Crippen molar-refractivity contribution in [1.29, 1.82) is 0 Å². The van der Waals surface area contributed by atoms with Crippen molar-refractivity contribution in [3.63, 3.8) is 0 Å². The lowest BCUT2D eigenvalue weighted by Gasteiger charge is -2.24. The quantitative estimate of drug-likeness (QED) is 0.0858. The van der Waals surface area contributed by atoms with Crippen LogP contribution in [0.2, 0.25) is 0 Å². The number of aliphatic hydroxyl groups is 1. The van der Waals surface area contributed by atoms with Gasteiger partial charge in [-0.3, -0.25) is 4.79 Å². The summed E-state index contributed by atoms with van der Waals surface area (Å²) in [6.07, 6.45) is 0.431. The van der Waals surface area contributed by atoms with E-state index in [0.717, 1.165) is 0 Å². The number of aliphatic hydroxyl groups excluding tert-OH is 1. The normalized spacial score (nSPS) is 12.5. The van der Waals surface area contributed by atoms with Crippen LogP contribution < -0.4 is 16.0 Å². The smallest absolute Gasteiger partial charge is 0.408 e. The topological polar surface area (TPSA) is 205 Å². The number of nitrogens with one attached hydrogen (secondary N) is 3. The van der Waals surface area contributed by atoms with Crippen LogP contribution in [0.5, 0.6) is 0 Å². The number of alkyl carbamates (subject to hydrolysis) is 2. The van der Waals surface area contributed by atoms with Gasteiger partial charge in [-0.2, -0.15) is 0 Å². The Morgan fingerprint density at radius 2 is 1.42 bits per heavy atom. The number of ether oxygens (including phenoxy) is 4. The molecule has 0 saturated heterocycles. The first kappa shape index (κ1) is 38.7. The molecule has 50 heavy (non-hydrogen) atoms. The van der Waals surface area contributed by atoms with Crippen LogP contribution in [0.3, 0.4) is 0 Å². The molecule has 1 heterocycles. The second kappa shape index (κ2) is 20.0. The number of nitrogens with zero attached hydrogens (tertiary/aromatic N) is 1. The summed E-state index contributed by atoms with van der Waals surface area (Å²) in [7, 11) is 1.20. The molecule has 0 aliphatic rings. The summed E-state index contributed by atoms with van der Waals surface area (Å²) >= 11 is 0. The molecule has 0 fully saturated rings. The number of methoxy groups -OCH3 is 1. The molecule has 0 spiro atoms.